The van der Waals surface area contributed by atoms with Crippen molar-refractivity contribution in [2.45, 2.75) is 32.2 Å². The Morgan fingerprint density at radius 2 is 2.06 bits per heavy atom. The number of urea groups is 1. The normalized spacial score (nSPS) is 16.4. The summed E-state index contributed by atoms with van der Waals surface area (Å²) in [7, 11) is 1.82. The Hall–Kier alpha value is -1.56. The van der Waals surface area contributed by atoms with Crippen molar-refractivity contribution in [1.82, 2.24) is 14.7 Å². The maximum absolute atomic E-state index is 12.1. The first-order chi connectivity index (χ1) is 8.70. The number of nitrogens with two attached hydrogens (primary N) is 1. The van der Waals surface area contributed by atoms with Gasteiger partial charge in [-0.2, -0.15) is 5.10 Å². The van der Waals surface area contributed by atoms with E-state index in [1.54, 1.807) is 4.68 Å². The predicted octanol–water partition coefficient (Wildman–Crippen LogP) is 1.29. The topological polar surface area (TPSA) is 76.2 Å². The van der Waals surface area contributed by atoms with Crippen LogP contribution >= 0.6 is 0 Å². The Bertz CT molecular complexity index is 407. The summed E-state index contributed by atoms with van der Waals surface area (Å²) in [6.45, 7) is 2.04. The molecule has 0 unspecified atom stereocenters. The van der Waals surface area contributed by atoms with Crippen LogP contribution in [-0.4, -0.2) is 33.8 Å². The zero-order valence-electron chi connectivity index (χ0n) is 10.9. The molecule has 3 N–H and O–H groups in total. The molecule has 0 aromatic carbocycles. The Labute approximate surface area is 107 Å². The van der Waals surface area contributed by atoms with Crippen LogP contribution in [0.25, 0.3) is 0 Å². The van der Waals surface area contributed by atoms with E-state index in [0.29, 0.717) is 12.4 Å². The summed E-state index contributed by atoms with van der Waals surface area (Å²) in [4.78, 5) is 14.0. The summed E-state index contributed by atoms with van der Waals surface area (Å²) < 4.78 is 1.67. The van der Waals surface area contributed by atoms with E-state index in [4.69, 9.17) is 5.73 Å². The van der Waals surface area contributed by atoms with Gasteiger partial charge in [-0.15, -0.1) is 0 Å². The summed E-state index contributed by atoms with van der Waals surface area (Å²) in [6.07, 6.45) is 6.42. The van der Waals surface area contributed by atoms with Crippen molar-refractivity contribution in [3.63, 3.8) is 0 Å². The number of aromatic nitrogens is 2. The Morgan fingerprint density at radius 1 is 1.39 bits per heavy atom. The highest BCUT2D eigenvalue weighted by atomic mass is 16.2. The van der Waals surface area contributed by atoms with Crippen molar-refractivity contribution in [2.75, 3.05) is 18.4 Å². The van der Waals surface area contributed by atoms with Crippen LogP contribution in [0.2, 0.25) is 0 Å². The van der Waals surface area contributed by atoms with Crippen LogP contribution in [0.15, 0.2) is 6.20 Å². The number of carbonyl (C=O) groups excluding carboxylic acids is 1. The van der Waals surface area contributed by atoms with Crippen molar-refractivity contribution in [3.8, 4) is 0 Å². The van der Waals surface area contributed by atoms with Gasteiger partial charge >= 0.3 is 6.03 Å². The average molecular weight is 251 g/mol. The number of carbonyl (C=O) groups is 1. The fourth-order valence-corrected chi connectivity index (χ4v) is 2.25. The van der Waals surface area contributed by atoms with Gasteiger partial charge in [0.05, 0.1) is 0 Å². The van der Waals surface area contributed by atoms with E-state index in [0.717, 1.165) is 31.5 Å². The molecule has 0 radical (unpaired) electrons. The van der Waals surface area contributed by atoms with Crippen LogP contribution in [0.5, 0.6) is 0 Å². The summed E-state index contributed by atoms with van der Waals surface area (Å²) >= 11 is 0. The smallest absolute Gasteiger partial charge is 0.323 e. The number of hydrogen-bond donors (Lipinski definition) is 2. The zero-order valence-corrected chi connectivity index (χ0v) is 10.9. The highest BCUT2D eigenvalue weighted by Crippen LogP contribution is 2.14. The third-order valence-corrected chi connectivity index (χ3v) is 3.24. The van der Waals surface area contributed by atoms with Crippen molar-refractivity contribution in [1.29, 1.82) is 0 Å². The fourth-order valence-electron chi connectivity index (χ4n) is 2.25. The van der Waals surface area contributed by atoms with Crippen molar-refractivity contribution < 1.29 is 4.79 Å². The molecule has 1 aromatic heterocycles. The lowest BCUT2D eigenvalue weighted by Gasteiger charge is -2.20. The number of rotatable bonds is 2. The highest BCUT2D eigenvalue weighted by Gasteiger charge is 2.17. The number of aryl methyl sites for hydroxylation is 1. The molecule has 1 aromatic rings. The van der Waals surface area contributed by atoms with E-state index < -0.39 is 0 Å². The first-order valence-corrected chi connectivity index (χ1v) is 6.49. The zero-order chi connectivity index (χ0) is 13.0. The number of hydrogen-bond acceptors (Lipinski definition) is 3. The lowest BCUT2D eigenvalue weighted by Crippen LogP contribution is -2.36. The molecule has 1 saturated heterocycles. The molecule has 2 amide bonds. The second-order valence-electron chi connectivity index (χ2n) is 4.71. The predicted molar refractivity (Wildman–Crippen MR) is 70.2 cm³/mol. The van der Waals surface area contributed by atoms with Gasteiger partial charge in [0.2, 0.25) is 0 Å². The first kappa shape index (κ1) is 12.9. The van der Waals surface area contributed by atoms with Gasteiger partial charge in [0.15, 0.2) is 5.82 Å². The van der Waals surface area contributed by atoms with Gasteiger partial charge < -0.3 is 10.6 Å². The number of amides is 2. The van der Waals surface area contributed by atoms with Gasteiger partial charge in [0, 0.05) is 38.4 Å². The van der Waals surface area contributed by atoms with Crippen molar-refractivity contribution in [2.24, 2.45) is 12.8 Å². The molecular formula is C12H21N5O. The molecule has 1 fully saturated rings. The summed E-state index contributed by atoms with van der Waals surface area (Å²) in [5.41, 5.74) is 6.49. The minimum absolute atomic E-state index is 0.0645. The monoisotopic (exact) mass is 251 g/mol. The first-order valence-electron chi connectivity index (χ1n) is 6.49. The van der Waals surface area contributed by atoms with Crippen LogP contribution in [0.4, 0.5) is 10.6 Å². The van der Waals surface area contributed by atoms with Crippen LogP contribution in [-0.2, 0) is 13.6 Å². The molecule has 0 spiro atoms. The molecule has 6 heteroatoms. The molecule has 0 aliphatic carbocycles. The van der Waals surface area contributed by atoms with E-state index in [2.05, 4.69) is 10.4 Å². The second-order valence-corrected chi connectivity index (χ2v) is 4.71. The number of nitrogens with zero attached hydrogens (tertiary/aromatic N) is 3. The van der Waals surface area contributed by atoms with Gasteiger partial charge in [0.1, 0.15) is 0 Å². The minimum Gasteiger partial charge on any atom is -0.326 e. The molecule has 0 atom stereocenters. The molecule has 2 rings (SSSR count). The van der Waals surface area contributed by atoms with Crippen molar-refractivity contribution in [3.05, 3.63) is 11.8 Å². The standard InChI is InChI=1S/C12H21N5O/c1-16-9-10(8-13)11(15-16)14-12(18)17-6-4-2-3-5-7-17/h9H,2-8,13H2,1H3,(H,14,15,18). The fraction of sp³-hybridized carbons (Fsp3) is 0.667. The van der Waals surface area contributed by atoms with Gasteiger partial charge in [-0.25, -0.2) is 4.79 Å². The lowest BCUT2D eigenvalue weighted by molar-refractivity contribution is 0.213. The van der Waals surface area contributed by atoms with Crippen LogP contribution in [0.1, 0.15) is 31.2 Å². The molecule has 6 nitrogen and oxygen atoms in total. The average Bonchev–Trinajstić information content (AvgIpc) is 2.58. The largest absolute Gasteiger partial charge is 0.326 e. The Morgan fingerprint density at radius 3 is 2.67 bits per heavy atom. The number of anilines is 1. The molecule has 1 aliphatic rings. The van der Waals surface area contributed by atoms with E-state index in [1.165, 1.54) is 12.8 Å². The summed E-state index contributed by atoms with van der Waals surface area (Å²) in [5.74, 6) is 0.578. The number of likely N-dealkylation sites (tertiary alicyclic amines) is 1. The van der Waals surface area contributed by atoms with Gasteiger partial charge in [-0.3, -0.25) is 10.00 Å². The van der Waals surface area contributed by atoms with Gasteiger partial charge in [-0.05, 0) is 12.8 Å². The quantitative estimate of drug-likeness (QED) is 0.831. The molecule has 18 heavy (non-hydrogen) atoms. The van der Waals surface area contributed by atoms with E-state index in [1.807, 2.05) is 18.1 Å². The van der Waals surface area contributed by atoms with Crippen molar-refractivity contribution >= 4 is 11.8 Å². The maximum atomic E-state index is 12.1. The third kappa shape index (κ3) is 3.01. The van der Waals surface area contributed by atoms with E-state index >= 15 is 0 Å². The summed E-state index contributed by atoms with van der Waals surface area (Å²) in [6, 6.07) is -0.0645. The van der Waals surface area contributed by atoms with E-state index in [9.17, 15) is 4.79 Å². The van der Waals surface area contributed by atoms with E-state index in [-0.39, 0.29) is 6.03 Å². The molecule has 0 bridgehead atoms. The molecule has 1 aliphatic heterocycles. The van der Waals surface area contributed by atoms with Crippen LogP contribution in [0, 0.1) is 0 Å². The molecule has 100 valence electrons. The molecule has 0 saturated carbocycles. The maximum Gasteiger partial charge on any atom is 0.323 e. The SMILES string of the molecule is Cn1cc(CN)c(NC(=O)N2CCCCCC2)n1. The third-order valence-electron chi connectivity index (χ3n) is 3.24. The number of nitrogens with one attached hydrogen (secondary N) is 1. The minimum atomic E-state index is -0.0645. The Balaban J connectivity index is 2.01. The second kappa shape index (κ2) is 5.86. The van der Waals surface area contributed by atoms with Crippen LogP contribution in [0.3, 0.4) is 0 Å². The Kier molecular flexibility index (Phi) is 4.19. The summed E-state index contributed by atoms with van der Waals surface area (Å²) in [5, 5.41) is 7.07. The molecular weight excluding hydrogens is 230 g/mol. The van der Waals surface area contributed by atoms with Crippen LogP contribution < -0.4 is 11.1 Å². The van der Waals surface area contributed by atoms with Gasteiger partial charge in [-0.1, -0.05) is 12.8 Å². The highest BCUT2D eigenvalue weighted by molar-refractivity contribution is 5.89. The molecule has 2 heterocycles. The lowest BCUT2D eigenvalue weighted by atomic mass is 10.2. The van der Waals surface area contributed by atoms with Gasteiger partial charge in [0.25, 0.3) is 0 Å².